The summed E-state index contributed by atoms with van der Waals surface area (Å²) in [4.78, 5) is 2.53. The van der Waals surface area contributed by atoms with E-state index in [4.69, 9.17) is 10.00 Å². The smallest absolute Gasteiger partial charge is 0.242 e. The van der Waals surface area contributed by atoms with Crippen molar-refractivity contribution in [3.05, 3.63) is 83.9 Å². The zero-order chi connectivity index (χ0) is 24.0. The summed E-state index contributed by atoms with van der Waals surface area (Å²) in [5.74, 6) is 0.802. The third-order valence-electron chi connectivity index (χ3n) is 6.10. The van der Waals surface area contributed by atoms with Crippen LogP contribution in [-0.2, 0) is 10.0 Å². The lowest BCUT2D eigenvalue weighted by Gasteiger charge is -2.25. The van der Waals surface area contributed by atoms with E-state index in [0.717, 1.165) is 54.8 Å². The van der Waals surface area contributed by atoms with Gasteiger partial charge in [0, 0.05) is 6.54 Å². The third-order valence-corrected chi connectivity index (χ3v) is 7.72. The Morgan fingerprint density at radius 2 is 1.71 bits per heavy atom. The van der Waals surface area contributed by atoms with Crippen LogP contribution >= 0.6 is 0 Å². The maximum Gasteiger partial charge on any atom is 0.242 e. The number of nitrogens with zero attached hydrogens (tertiary/aromatic N) is 2. The van der Waals surface area contributed by atoms with E-state index in [2.05, 4.69) is 15.7 Å². The summed E-state index contributed by atoms with van der Waals surface area (Å²) in [5.41, 5.74) is 3.52. The number of rotatable bonds is 9. The lowest BCUT2D eigenvalue weighted by Crippen LogP contribution is -2.44. The Morgan fingerprint density at radius 1 is 1.03 bits per heavy atom. The Morgan fingerprint density at radius 3 is 2.38 bits per heavy atom. The Balaban J connectivity index is 1.26. The van der Waals surface area contributed by atoms with Crippen molar-refractivity contribution in [1.29, 1.82) is 5.26 Å². The van der Waals surface area contributed by atoms with E-state index in [9.17, 15) is 8.42 Å². The summed E-state index contributed by atoms with van der Waals surface area (Å²) < 4.78 is 34.5. The van der Waals surface area contributed by atoms with E-state index < -0.39 is 10.0 Å². The second-order valence-electron chi connectivity index (χ2n) is 8.50. The number of nitriles is 1. The molecule has 34 heavy (non-hydrogen) atoms. The number of sulfonamides is 1. The van der Waals surface area contributed by atoms with Gasteiger partial charge in [-0.3, -0.25) is 4.90 Å². The van der Waals surface area contributed by atoms with Crippen molar-refractivity contribution in [3.8, 4) is 22.9 Å². The molecule has 0 amide bonds. The van der Waals surface area contributed by atoms with Crippen molar-refractivity contribution < 1.29 is 13.2 Å². The zero-order valence-corrected chi connectivity index (χ0v) is 20.1. The standard InChI is InChI=1S/C27H29N3O3S/c1-21-6-2-3-7-26(21)34(31,32)29-27-8-4-17-30(27)18-5-19-33-25-15-13-24(14-16-25)23-11-9-22(20-28)10-12-23/h2-3,6-7,9-16,27,29H,4-5,8,17-19H2,1H3. The van der Waals surface area contributed by atoms with Crippen molar-refractivity contribution >= 4 is 10.0 Å². The molecule has 176 valence electrons. The molecule has 7 heteroatoms. The van der Waals surface area contributed by atoms with Gasteiger partial charge in [0.1, 0.15) is 5.75 Å². The van der Waals surface area contributed by atoms with Gasteiger partial charge in [0.25, 0.3) is 0 Å². The first-order chi connectivity index (χ1) is 16.5. The van der Waals surface area contributed by atoms with Crippen LogP contribution in [0, 0.1) is 18.3 Å². The van der Waals surface area contributed by atoms with Gasteiger partial charge in [-0.25, -0.2) is 8.42 Å². The molecule has 1 heterocycles. The topological polar surface area (TPSA) is 82.4 Å². The molecule has 6 nitrogen and oxygen atoms in total. The largest absolute Gasteiger partial charge is 0.494 e. The molecule has 0 radical (unpaired) electrons. The zero-order valence-electron chi connectivity index (χ0n) is 19.3. The maximum atomic E-state index is 12.9. The van der Waals surface area contributed by atoms with E-state index >= 15 is 0 Å². The number of ether oxygens (including phenoxy) is 1. The van der Waals surface area contributed by atoms with E-state index in [-0.39, 0.29) is 6.17 Å². The summed E-state index contributed by atoms with van der Waals surface area (Å²) >= 11 is 0. The molecule has 1 aliphatic heterocycles. The summed E-state index contributed by atoms with van der Waals surface area (Å²) in [7, 11) is -3.55. The lowest BCUT2D eigenvalue weighted by molar-refractivity contribution is 0.214. The minimum atomic E-state index is -3.55. The van der Waals surface area contributed by atoms with Crippen LogP contribution in [0.15, 0.2) is 77.7 Å². The molecular weight excluding hydrogens is 446 g/mol. The maximum absolute atomic E-state index is 12.9. The van der Waals surface area contributed by atoms with Crippen molar-refractivity contribution in [1.82, 2.24) is 9.62 Å². The van der Waals surface area contributed by atoms with E-state index in [1.165, 1.54) is 0 Å². The van der Waals surface area contributed by atoms with Crippen LogP contribution in [0.3, 0.4) is 0 Å². The van der Waals surface area contributed by atoms with Crippen molar-refractivity contribution in [2.75, 3.05) is 19.7 Å². The second kappa shape index (κ2) is 10.8. The normalized spacial score (nSPS) is 16.3. The molecule has 0 bridgehead atoms. The van der Waals surface area contributed by atoms with Crippen LogP contribution < -0.4 is 9.46 Å². The highest BCUT2D eigenvalue weighted by Crippen LogP contribution is 2.23. The molecule has 1 fully saturated rings. The van der Waals surface area contributed by atoms with Gasteiger partial charge in [-0.15, -0.1) is 0 Å². The minimum Gasteiger partial charge on any atom is -0.494 e. The number of likely N-dealkylation sites (tertiary alicyclic amines) is 1. The number of benzene rings is 3. The predicted molar refractivity (Wildman–Crippen MR) is 133 cm³/mol. The van der Waals surface area contributed by atoms with Crippen molar-refractivity contribution in [2.24, 2.45) is 0 Å². The average Bonchev–Trinajstić information content (AvgIpc) is 3.28. The molecular formula is C27H29N3O3S. The van der Waals surface area contributed by atoms with Crippen LogP contribution in [0.1, 0.15) is 30.4 Å². The first kappa shape index (κ1) is 24.0. The lowest BCUT2D eigenvalue weighted by atomic mass is 10.0. The predicted octanol–water partition coefficient (Wildman–Crippen LogP) is 4.70. The monoisotopic (exact) mass is 475 g/mol. The molecule has 1 aliphatic rings. The number of hydrogen-bond acceptors (Lipinski definition) is 5. The van der Waals surface area contributed by atoms with Crippen LogP contribution in [0.2, 0.25) is 0 Å². The van der Waals surface area contributed by atoms with Crippen LogP contribution in [0.4, 0.5) is 0 Å². The summed E-state index contributed by atoms with van der Waals surface area (Å²) in [6, 6.07) is 24.6. The number of aryl methyl sites for hydroxylation is 1. The van der Waals surface area contributed by atoms with Crippen LogP contribution in [0.25, 0.3) is 11.1 Å². The molecule has 1 saturated heterocycles. The second-order valence-corrected chi connectivity index (χ2v) is 10.2. The fraction of sp³-hybridized carbons (Fsp3) is 0.296. The molecule has 1 unspecified atom stereocenters. The summed E-state index contributed by atoms with van der Waals surface area (Å²) in [6.07, 6.45) is 2.40. The fourth-order valence-corrected chi connectivity index (χ4v) is 5.77. The highest BCUT2D eigenvalue weighted by molar-refractivity contribution is 7.89. The molecule has 0 saturated carbocycles. The van der Waals surface area contributed by atoms with Gasteiger partial charge in [0.15, 0.2) is 0 Å². The Kier molecular flexibility index (Phi) is 7.63. The Bertz CT molecular complexity index is 1250. The van der Waals surface area contributed by atoms with Gasteiger partial charge >= 0.3 is 0 Å². The average molecular weight is 476 g/mol. The minimum absolute atomic E-state index is 0.184. The van der Waals surface area contributed by atoms with Gasteiger partial charge in [0.05, 0.1) is 29.3 Å². The van der Waals surface area contributed by atoms with Crippen molar-refractivity contribution in [3.63, 3.8) is 0 Å². The van der Waals surface area contributed by atoms with Gasteiger partial charge in [-0.2, -0.15) is 9.98 Å². The first-order valence-corrected chi connectivity index (χ1v) is 13.0. The quantitative estimate of drug-likeness (QED) is 0.454. The van der Waals surface area contributed by atoms with Crippen LogP contribution in [0.5, 0.6) is 5.75 Å². The third kappa shape index (κ3) is 5.84. The number of nitrogens with one attached hydrogen (secondary N) is 1. The van der Waals surface area contributed by atoms with Crippen LogP contribution in [-0.4, -0.2) is 39.2 Å². The number of hydrogen-bond donors (Lipinski definition) is 1. The van der Waals surface area contributed by atoms with Gasteiger partial charge in [-0.1, -0.05) is 42.5 Å². The molecule has 0 aliphatic carbocycles. The van der Waals surface area contributed by atoms with Gasteiger partial charge in [0.2, 0.25) is 10.0 Å². The Hall–Kier alpha value is -3.18. The van der Waals surface area contributed by atoms with E-state index in [1.54, 1.807) is 12.1 Å². The van der Waals surface area contributed by atoms with Crippen molar-refractivity contribution in [2.45, 2.75) is 37.2 Å². The Labute approximate surface area is 201 Å². The first-order valence-electron chi connectivity index (χ1n) is 11.5. The summed E-state index contributed by atoms with van der Waals surface area (Å²) in [5, 5.41) is 8.93. The fourth-order valence-electron chi connectivity index (χ4n) is 4.27. The highest BCUT2D eigenvalue weighted by Gasteiger charge is 2.29. The van der Waals surface area contributed by atoms with Gasteiger partial charge in [-0.05, 0) is 79.8 Å². The van der Waals surface area contributed by atoms with E-state index in [0.29, 0.717) is 17.1 Å². The molecule has 3 aromatic carbocycles. The summed E-state index contributed by atoms with van der Waals surface area (Å²) in [6.45, 7) is 4.02. The van der Waals surface area contributed by atoms with Gasteiger partial charge < -0.3 is 4.74 Å². The molecule has 3 aromatic rings. The molecule has 1 atom stereocenters. The van der Waals surface area contributed by atoms with E-state index in [1.807, 2.05) is 67.6 Å². The molecule has 0 aromatic heterocycles. The SMILES string of the molecule is Cc1ccccc1S(=O)(=O)NC1CCCN1CCCOc1ccc(-c2ccc(C#N)cc2)cc1. The highest BCUT2D eigenvalue weighted by atomic mass is 32.2. The molecule has 0 spiro atoms. The molecule has 1 N–H and O–H groups in total. The molecule has 4 rings (SSSR count).